The molecule has 0 bridgehead atoms. The Morgan fingerprint density at radius 1 is 1.78 bits per heavy atom. The number of hydrogen-bond acceptors (Lipinski definition) is 2. The van der Waals surface area contributed by atoms with E-state index in [9.17, 15) is 0 Å². The Labute approximate surface area is 66.0 Å². The first-order chi connectivity index (χ1) is 4.25. The van der Waals surface area contributed by atoms with Gasteiger partial charge in [0.15, 0.2) is 0 Å². The summed E-state index contributed by atoms with van der Waals surface area (Å²) in [5, 5.41) is 8.43. The Morgan fingerprint density at radius 2 is 2.44 bits per heavy atom. The lowest BCUT2D eigenvalue weighted by Crippen LogP contribution is -1.86. The number of anilines is 1. The van der Waals surface area contributed by atoms with Gasteiger partial charge in [-0.2, -0.15) is 5.26 Å². The smallest absolute Gasteiger partial charge is 0.119 e. The second-order valence-corrected chi connectivity index (χ2v) is 2.70. The topological polar surface area (TPSA) is 65.6 Å². The van der Waals surface area contributed by atoms with E-state index in [0.29, 0.717) is 11.4 Å². The molecule has 1 heterocycles. The summed E-state index contributed by atoms with van der Waals surface area (Å²) in [6.45, 7) is 0. The molecule has 3 N–H and O–H groups in total. The number of aromatic nitrogens is 1. The van der Waals surface area contributed by atoms with Crippen molar-refractivity contribution in [3.63, 3.8) is 0 Å². The highest BCUT2D eigenvalue weighted by Gasteiger charge is 2.02. The van der Waals surface area contributed by atoms with E-state index in [-0.39, 0.29) is 0 Å². The lowest BCUT2D eigenvalue weighted by atomic mass is 10.3. The Bertz CT molecular complexity index is 238. The first-order valence-electron chi connectivity index (χ1n) is 2.28. The van der Waals surface area contributed by atoms with Crippen LogP contribution in [0.3, 0.4) is 0 Å². The van der Waals surface area contributed by atoms with Gasteiger partial charge in [-0.05, 0) is 22.6 Å². The third-order valence-electron chi connectivity index (χ3n) is 0.974. The van der Waals surface area contributed by atoms with E-state index in [1.807, 2.05) is 28.7 Å². The van der Waals surface area contributed by atoms with Gasteiger partial charge in [-0.3, -0.25) is 0 Å². The molecule has 9 heavy (non-hydrogen) atoms. The van der Waals surface area contributed by atoms with Crippen LogP contribution < -0.4 is 5.73 Å². The van der Waals surface area contributed by atoms with Gasteiger partial charge in [-0.15, -0.1) is 0 Å². The molecule has 0 aliphatic carbocycles. The number of nitriles is 1. The van der Waals surface area contributed by atoms with Crippen molar-refractivity contribution >= 4 is 28.4 Å². The molecule has 0 saturated heterocycles. The standard InChI is InChI=1S/C5H4IN3/c6-4-2-9-5(8)3(4)1-7/h2,9H,8H2. The molecule has 0 aliphatic rings. The highest BCUT2D eigenvalue weighted by Crippen LogP contribution is 2.15. The largest absolute Gasteiger partial charge is 0.384 e. The maximum atomic E-state index is 8.43. The fourth-order valence-corrected chi connectivity index (χ4v) is 1.09. The van der Waals surface area contributed by atoms with Gasteiger partial charge in [-0.25, -0.2) is 0 Å². The van der Waals surface area contributed by atoms with Gasteiger partial charge in [0.25, 0.3) is 0 Å². The second-order valence-electron chi connectivity index (χ2n) is 1.54. The first-order valence-corrected chi connectivity index (χ1v) is 3.36. The third kappa shape index (κ3) is 1.00. The van der Waals surface area contributed by atoms with Crippen molar-refractivity contribution in [1.82, 2.24) is 4.98 Å². The molecule has 0 unspecified atom stereocenters. The molecule has 3 nitrogen and oxygen atoms in total. The van der Waals surface area contributed by atoms with Gasteiger partial charge in [0.05, 0.1) is 3.57 Å². The lowest BCUT2D eigenvalue weighted by molar-refractivity contribution is 1.40. The van der Waals surface area contributed by atoms with Crippen molar-refractivity contribution in [3.8, 4) is 6.07 Å². The summed E-state index contributed by atoms with van der Waals surface area (Å²) in [6, 6.07) is 1.98. The van der Waals surface area contributed by atoms with Crippen molar-refractivity contribution in [1.29, 1.82) is 5.26 Å². The SMILES string of the molecule is N#Cc1c(I)c[nH]c1N. The molecule has 0 amide bonds. The van der Waals surface area contributed by atoms with E-state index in [1.165, 1.54) is 0 Å². The van der Waals surface area contributed by atoms with Crippen LogP contribution in [0.4, 0.5) is 5.82 Å². The van der Waals surface area contributed by atoms with Crippen LogP contribution >= 0.6 is 22.6 Å². The number of halogens is 1. The maximum absolute atomic E-state index is 8.43. The van der Waals surface area contributed by atoms with Gasteiger partial charge >= 0.3 is 0 Å². The normalized spacial score (nSPS) is 8.89. The van der Waals surface area contributed by atoms with E-state index < -0.39 is 0 Å². The number of nitrogens with two attached hydrogens (primary N) is 1. The summed E-state index contributed by atoms with van der Waals surface area (Å²) < 4.78 is 0.868. The van der Waals surface area contributed by atoms with E-state index in [4.69, 9.17) is 11.0 Å². The lowest BCUT2D eigenvalue weighted by Gasteiger charge is -1.82. The molecule has 1 aromatic rings. The monoisotopic (exact) mass is 233 g/mol. The molecule has 0 spiro atoms. The summed E-state index contributed by atoms with van der Waals surface area (Å²) >= 11 is 2.05. The Kier molecular flexibility index (Phi) is 1.62. The van der Waals surface area contributed by atoms with Gasteiger partial charge in [0, 0.05) is 6.20 Å². The summed E-state index contributed by atoms with van der Waals surface area (Å²) in [5.41, 5.74) is 5.91. The van der Waals surface area contributed by atoms with Gasteiger partial charge in [0.2, 0.25) is 0 Å². The highest BCUT2D eigenvalue weighted by molar-refractivity contribution is 14.1. The number of nitrogens with one attached hydrogen (secondary N) is 1. The predicted molar refractivity (Wildman–Crippen MR) is 42.6 cm³/mol. The third-order valence-corrected chi connectivity index (χ3v) is 1.83. The highest BCUT2D eigenvalue weighted by atomic mass is 127. The minimum absolute atomic E-state index is 0.446. The summed E-state index contributed by atoms with van der Waals surface area (Å²) in [7, 11) is 0. The van der Waals surface area contributed by atoms with Gasteiger partial charge < -0.3 is 10.7 Å². The van der Waals surface area contributed by atoms with Crippen LogP contribution in [0, 0.1) is 14.9 Å². The van der Waals surface area contributed by atoms with E-state index >= 15 is 0 Å². The Balaban J connectivity index is 3.27. The fourth-order valence-electron chi connectivity index (χ4n) is 0.528. The van der Waals surface area contributed by atoms with E-state index in [0.717, 1.165) is 3.57 Å². The van der Waals surface area contributed by atoms with Crippen molar-refractivity contribution in [3.05, 3.63) is 15.3 Å². The van der Waals surface area contributed by atoms with Crippen LogP contribution in [-0.4, -0.2) is 4.98 Å². The van der Waals surface area contributed by atoms with Crippen LogP contribution in [0.1, 0.15) is 5.56 Å². The van der Waals surface area contributed by atoms with Gasteiger partial charge in [0.1, 0.15) is 17.5 Å². The minimum Gasteiger partial charge on any atom is -0.384 e. The fraction of sp³-hybridized carbons (Fsp3) is 0. The molecule has 0 fully saturated rings. The first kappa shape index (κ1) is 6.42. The average molecular weight is 233 g/mol. The average Bonchev–Trinajstić information content (AvgIpc) is 2.12. The number of aromatic amines is 1. The molecule has 0 atom stereocenters. The molecule has 0 radical (unpaired) electrons. The van der Waals surface area contributed by atoms with Crippen LogP contribution in [0.15, 0.2) is 6.20 Å². The molecule has 1 aromatic heterocycles. The quantitative estimate of drug-likeness (QED) is 0.658. The number of nitrogens with zero attached hydrogens (tertiary/aromatic N) is 1. The van der Waals surface area contributed by atoms with E-state index in [1.54, 1.807) is 6.20 Å². The molecular weight excluding hydrogens is 229 g/mol. The van der Waals surface area contributed by atoms with Crippen molar-refractivity contribution in [2.45, 2.75) is 0 Å². The molecular formula is C5H4IN3. The van der Waals surface area contributed by atoms with Crippen molar-refractivity contribution < 1.29 is 0 Å². The molecule has 0 aromatic carbocycles. The number of nitrogen functional groups attached to an aromatic ring is 1. The molecule has 0 saturated carbocycles. The minimum atomic E-state index is 0.446. The van der Waals surface area contributed by atoms with Crippen molar-refractivity contribution in [2.24, 2.45) is 0 Å². The predicted octanol–water partition coefficient (Wildman–Crippen LogP) is 1.07. The zero-order valence-electron chi connectivity index (χ0n) is 4.48. The van der Waals surface area contributed by atoms with Crippen LogP contribution in [0.2, 0.25) is 0 Å². The summed E-state index contributed by atoms with van der Waals surface area (Å²) in [4.78, 5) is 2.74. The molecule has 0 aliphatic heterocycles. The second kappa shape index (κ2) is 2.27. The van der Waals surface area contributed by atoms with Crippen LogP contribution in [0.25, 0.3) is 0 Å². The zero-order chi connectivity index (χ0) is 6.85. The zero-order valence-corrected chi connectivity index (χ0v) is 6.64. The summed E-state index contributed by atoms with van der Waals surface area (Å²) in [5.74, 6) is 0.446. The maximum Gasteiger partial charge on any atom is 0.119 e. The number of hydrogen-bond donors (Lipinski definition) is 2. The Hall–Kier alpha value is -0.700. The van der Waals surface area contributed by atoms with E-state index in [2.05, 4.69) is 4.98 Å². The van der Waals surface area contributed by atoms with Crippen molar-refractivity contribution in [2.75, 3.05) is 5.73 Å². The number of H-pyrrole nitrogens is 1. The molecule has 4 heteroatoms. The molecule has 46 valence electrons. The van der Waals surface area contributed by atoms with Crippen LogP contribution in [0.5, 0.6) is 0 Å². The summed E-state index contributed by atoms with van der Waals surface area (Å²) in [6.07, 6.45) is 1.70. The molecule has 1 rings (SSSR count). The number of rotatable bonds is 0. The Morgan fingerprint density at radius 3 is 2.67 bits per heavy atom. The van der Waals surface area contributed by atoms with Crippen LogP contribution in [-0.2, 0) is 0 Å². The van der Waals surface area contributed by atoms with Gasteiger partial charge in [-0.1, -0.05) is 0 Å².